The SMILES string of the molecule is CC(=O)OCC1=C(C(=O)O)N2C(=O)C(NC(=O)CCON=C3CCCCC3)C2SC1. The fraction of sp³-hybridized carbons (Fsp3) is 0.632. The molecule has 30 heavy (non-hydrogen) atoms. The first kappa shape index (κ1) is 22.1. The molecule has 10 nitrogen and oxygen atoms in total. The van der Waals surface area contributed by atoms with E-state index >= 15 is 0 Å². The number of ether oxygens (including phenoxy) is 1. The van der Waals surface area contributed by atoms with Crippen LogP contribution in [0.15, 0.2) is 16.4 Å². The van der Waals surface area contributed by atoms with E-state index in [4.69, 9.17) is 9.57 Å². The molecule has 0 radical (unpaired) electrons. The Labute approximate surface area is 178 Å². The van der Waals surface area contributed by atoms with Gasteiger partial charge in [0.05, 0.1) is 12.1 Å². The summed E-state index contributed by atoms with van der Waals surface area (Å²) in [4.78, 5) is 53.7. The van der Waals surface area contributed by atoms with Gasteiger partial charge >= 0.3 is 11.9 Å². The third-order valence-electron chi connectivity index (χ3n) is 5.06. The topological polar surface area (TPSA) is 135 Å². The van der Waals surface area contributed by atoms with E-state index in [-0.39, 0.29) is 37.0 Å². The van der Waals surface area contributed by atoms with Crippen LogP contribution in [-0.4, -0.2) is 69.9 Å². The molecule has 11 heteroatoms. The molecule has 0 bridgehead atoms. The van der Waals surface area contributed by atoms with Gasteiger partial charge in [0.1, 0.15) is 30.3 Å². The number of esters is 1. The maximum Gasteiger partial charge on any atom is 0.352 e. The molecule has 0 aromatic heterocycles. The van der Waals surface area contributed by atoms with Gasteiger partial charge in [-0.05, 0) is 25.7 Å². The Balaban J connectivity index is 1.51. The molecule has 1 saturated heterocycles. The van der Waals surface area contributed by atoms with Crippen LogP contribution in [0, 0.1) is 0 Å². The highest BCUT2D eigenvalue weighted by Gasteiger charge is 2.54. The van der Waals surface area contributed by atoms with Crippen LogP contribution in [0.5, 0.6) is 0 Å². The van der Waals surface area contributed by atoms with Gasteiger partial charge in [-0.25, -0.2) is 4.79 Å². The number of thioether (sulfide) groups is 1. The van der Waals surface area contributed by atoms with Crippen molar-refractivity contribution in [2.24, 2.45) is 5.16 Å². The number of β-lactam (4-membered cyclic amide) rings is 1. The molecule has 2 atom stereocenters. The minimum atomic E-state index is -1.27. The Morgan fingerprint density at radius 2 is 2.00 bits per heavy atom. The second-order valence-corrected chi connectivity index (χ2v) is 8.40. The molecule has 2 N–H and O–H groups in total. The quantitative estimate of drug-likeness (QED) is 0.248. The number of fused-ring (bicyclic) bond motifs is 1. The summed E-state index contributed by atoms with van der Waals surface area (Å²) >= 11 is 1.32. The van der Waals surface area contributed by atoms with Crippen LogP contribution >= 0.6 is 11.8 Å². The molecule has 1 saturated carbocycles. The lowest BCUT2D eigenvalue weighted by atomic mass is 9.99. The van der Waals surface area contributed by atoms with Crippen molar-refractivity contribution in [2.45, 2.75) is 56.9 Å². The average molecular weight is 439 g/mol. The fourth-order valence-corrected chi connectivity index (χ4v) is 4.88. The number of carbonyl (C=O) groups is 4. The van der Waals surface area contributed by atoms with E-state index in [2.05, 4.69) is 10.5 Å². The number of amides is 2. The van der Waals surface area contributed by atoms with Crippen molar-refractivity contribution in [2.75, 3.05) is 19.0 Å². The number of hydrogen-bond donors (Lipinski definition) is 2. The zero-order chi connectivity index (χ0) is 21.7. The van der Waals surface area contributed by atoms with E-state index in [9.17, 15) is 24.3 Å². The lowest BCUT2D eigenvalue weighted by Crippen LogP contribution is -2.70. The molecule has 2 unspecified atom stereocenters. The van der Waals surface area contributed by atoms with E-state index in [1.807, 2.05) is 0 Å². The maximum absolute atomic E-state index is 12.5. The van der Waals surface area contributed by atoms with E-state index in [1.165, 1.54) is 25.1 Å². The highest BCUT2D eigenvalue weighted by molar-refractivity contribution is 8.00. The van der Waals surface area contributed by atoms with Crippen LogP contribution in [0.2, 0.25) is 0 Å². The Morgan fingerprint density at radius 3 is 2.67 bits per heavy atom. The van der Waals surface area contributed by atoms with Gasteiger partial charge in [0.2, 0.25) is 5.91 Å². The first-order valence-electron chi connectivity index (χ1n) is 9.89. The molecule has 3 aliphatic rings. The molecule has 0 aromatic rings. The number of aliphatic carboxylic acids is 1. The molecule has 0 spiro atoms. The normalized spacial score (nSPS) is 23.3. The fourth-order valence-electron chi connectivity index (χ4n) is 3.56. The first-order valence-corrected chi connectivity index (χ1v) is 10.9. The molecule has 3 rings (SSSR count). The lowest BCUT2D eigenvalue weighted by molar-refractivity contribution is -0.151. The highest BCUT2D eigenvalue weighted by atomic mass is 32.2. The molecule has 0 aromatic carbocycles. The monoisotopic (exact) mass is 439 g/mol. The van der Waals surface area contributed by atoms with Gasteiger partial charge < -0.3 is 20.0 Å². The van der Waals surface area contributed by atoms with Crippen molar-refractivity contribution in [1.29, 1.82) is 0 Å². The smallest absolute Gasteiger partial charge is 0.352 e. The largest absolute Gasteiger partial charge is 0.477 e. The summed E-state index contributed by atoms with van der Waals surface area (Å²) in [5.74, 6) is -2.37. The number of nitrogens with zero attached hydrogens (tertiary/aromatic N) is 2. The van der Waals surface area contributed by atoms with Gasteiger partial charge in [0.25, 0.3) is 5.91 Å². The summed E-state index contributed by atoms with van der Waals surface area (Å²) in [6, 6.07) is -0.795. The van der Waals surface area contributed by atoms with Crippen LogP contribution in [0.3, 0.4) is 0 Å². The summed E-state index contributed by atoms with van der Waals surface area (Å²) in [6.07, 6.45) is 5.33. The Morgan fingerprint density at radius 1 is 1.27 bits per heavy atom. The number of carboxylic acids is 1. The second-order valence-electron chi connectivity index (χ2n) is 7.29. The minimum absolute atomic E-state index is 0.0529. The molecule has 2 amide bonds. The summed E-state index contributed by atoms with van der Waals surface area (Å²) in [5, 5.41) is 15.7. The van der Waals surface area contributed by atoms with Gasteiger partial charge in [0, 0.05) is 18.2 Å². The van der Waals surface area contributed by atoms with Crippen LogP contribution in [0.4, 0.5) is 0 Å². The van der Waals surface area contributed by atoms with Crippen molar-refractivity contribution >= 4 is 41.2 Å². The van der Waals surface area contributed by atoms with E-state index in [0.717, 1.165) is 36.3 Å². The summed E-state index contributed by atoms with van der Waals surface area (Å²) in [6.45, 7) is 1.16. The minimum Gasteiger partial charge on any atom is -0.477 e. The summed E-state index contributed by atoms with van der Waals surface area (Å²) in [5.41, 5.74) is 1.19. The summed E-state index contributed by atoms with van der Waals surface area (Å²) in [7, 11) is 0. The van der Waals surface area contributed by atoms with E-state index < -0.39 is 29.3 Å². The van der Waals surface area contributed by atoms with Crippen LogP contribution in [-0.2, 0) is 28.8 Å². The van der Waals surface area contributed by atoms with Crippen LogP contribution in [0.1, 0.15) is 45.4 Å². The Bertz CT molecular complexity index is 787. The third-order valence-corrected chi connectivity index (χ3v) is 6.40. The zero-order valence-electron chi connectivity index (χ0n) is 16.7. The van der Waals surface area contributed by atoms with Crippen molar-refractivity contribution < 1.29 is 33.9 Å². The van der Waals surface area contributed by atoms with Gasteiger partial charge in [-0.2, -0.15) is 0 Å². The Hall–Kier alpha value is -2.56. The highest BCUT2D eigenvalue weighted by Crippen LogP contribution is 2.40. The second kappa shape index (κ2) is 9.96. The number of oxime groups is 1. The van der Waals surface area contributed by atoms with Gasteiger partial charge in [-0.3, -0.25) is 19.3 Å². The van der Waals surface area contributed by atoms with Crippen molar-refractivity contribution in [3.8, 4) is 0 Å². The van der Waals surface area contributed by atoms with Crippen molar-refractivity contribution in [1.82, 2.24) is 10.2 Å². The van der Waals surface area contributed by atoms with Crippen molar-refractivity contribution in [3.63, 3.8) is 0 Å². The lowest BCUT2D eigenvalue weighted by Gasteiger charge is -2.49. The van der Waals surface area contributed by atoms with Gasteiger partial charge in [-0.15, -0.1) is 11.8 Å². The molecular formula is C19H25N3O7S. The average Bonchev–Trinajstić information content (AvgIpc) is 2.73. The van der Waals surface area contributed by atoms with Crippen molar-refractivity contribution in [3.05, 3.63) is 11.3 Å². The third kappa shape index (κ3) is 5.13. The molecule has 2 aliphatic heterocycles. The predicted molar refractivity (Wildman–Crippen MR) is 107 cm³/mol. The molecular weight excluding hydrogens is 414 g/mol. The van der Waals surface area contributed by atoms with Gasteiger partial charge in [0.15, 0.2) is 0 Å². The van der Waals surface area contributed by atoms with E-state index in [1.54, 1.807) is 0 Å². The van der Waals surface area contributed by atoms with Gasteiger partial charge in [-0.1, -0.05) is 11.6 Å². The zero-order valence-corrected chi connectivity index (χ0v) is 17.5. The first-order chi connectivity index (χ1) is 14.4. The number of rotatable bonds is 8. The molecule has 164 valence electrons. The maximum atomic E-state index is 12.5. The number of hydrogen-bond acceptors (Lipinski definition) is 8. The molecule has 2 heterocycles. The summed E-state index contributed by atoms with van der Waals surface area (Å²) < 4.78 is 4.89. The number of carboxylic acid groups (broad SMARTS) is 1. The standard InChI is InChI=1S/C19H25N3O7S/c1-11(23)28-9-12-10-30-18-15(17(25)22(18)16(12)19(26)27)20-14(24)7-8-29-21-13-5-3-2-4-6-13/h15,18H,2-10H2,1H3,(H,20,24)(H,26,27). The van der Waals surface area contributed by atoms with E-state index in [0.29, 0.717) is 5.57 Å². The van der Waals surface area contributed by atoms with Crippen LogP contribution in [0.25, 0.3) is 0 Å². The Kier molecular flexibility index (Phi) is 7.35. The number of nitrogens with one attached hydrogen (secondary N) is 1. The molecule has 2 fully saturated rings. The molecule has 1 aliphatic carbocycles. The van der Waals surface area contributed by atoms with Crippen LogP contribution < -0.4 is 5.32 Å². The number of carbonyl (C=O) groups excluding carboxylic acids is 3. The predicted octanol–water partition coefficient (Wildman–Crippen LogP) is 1.01.